The Balaban J connectivity index is 1.60. The topological polar surface area (TPSA) is 42.0 Å². The van der Waals surface area contributed by atoms with Crippen molar-refractivity contribution < 1.29 is 14.3 Å². The third-order valence-electron chi connectivity index (χ3n) is 6.73. The van der Waals surface area contributed by atoms with E-state index >= 15 is 0 Å². The van der Waals surface area contributed by atoms with Crippen LogP contribution in [0.25, 0.3) is 0 Å². The molecule has 0 aromatic heterocycles. The number of carbonyl (C=O) groups excluding carboxylic acids is 1. The zero-order valence-corrected chi connectivity index (χ0v) is 19.3. The molecule has 6 rings (SSSR count). The van der Waals surface area contributed by atoms with Crippen LogP contribution in [0.3, 0.4) is 0 Å². The number of carbonyl (C=O) groups is 1. The molecule has 1 spiro atoms. The maximum absolute atomic E-state index is 13.1. The molecule has 2 aliphatic heterocycles. The minimum absolute atomic E-state index is 0.326. The fourth-order valence-corrected chi connectivity index (χ4v) is 4.94. The minimum atomic E-state index is -1.07. The van der Waals surface area contributed by atoms with Crippen LogP contribution in [0.1, 0.15) is 27.0 Å². The SMILES string of the molecule is CN(C)c1ccc2c(c1)Oc1ccc(N(C)c3ccccc3)cc1C21OC(=O)c2ccccc21. The van der Waals surface area contributed by atoms with Crippen LogP contribution in [0, 0.1) is 0 Å². The maximum Gasteiger partial charge on any atom is 0.340 e. The van der Waals surface area contributed by atoms with Gasteiger partial charge in [-0.25, -0.2) is 4.79 Å². The first-order valence-electron chi connectivity index (χ1n) is 11.2. The van der Waals surface area contributed by atoms with Crippen LogP contribution < -0.4 is 14.5 Å². The molecule has 4 aromatic rings. The number of fused-ring (bicyclic) bond motifs is 6. The highest BCUT2D eigenvalue weighted by Crippen LogP contribution is 2.57. The maximum atomic E-state index is 13.1. The van der Waals surface area contributed by atoms with Crippen molar-refractivity contribution in [1.29, 1.82) is 0 Å². The molecular weight excluding hydrogens is 424 g/mol. The molecule has 1 unspecified atom stereocenters. The lowest BCUT2D eigenvalue weighted by molar-refractivity contribution is 0.0224. The number of para-hydroxylation sites is 1. The molecule has 0 N–H and O–H groups in total. The van der Waals surface area contributed by atoms with Gasteiger partial charge in [0.05, 0.1) is 5.56 Å². The second-order valence-corrected chi connectivity index (χ2v) is 8.87. The summed E-state index contributed by atoms with van der Waals surface area (Å²) in [4.78, 5) is 17.2. The van der Waals surface area contributed by atoms with E-state index < -0.39 is 5.60 Å². The third-order valence-corrected chi connectivity index (χ3v) is 6.73. The molecule has 1 atom stereocenters. The number of ether oxygens (including phenoxy) is 2. The van der Waals surface area contributed by atoms with Crippen molar-refractivity contribution in [2.45, 2.75) is 5.60 Å². The quantitative estimate of drug-likeness (QED) is 0.355. The fourth-order valence-electron chi connectivity index (χ4n) is 4.94. The van der Waals surface area contributed by atoms with Gasteiger partial charge in [-0.1, -0.05) is 36.4 Å². The van der Waals surface area contributed by atoms with E-state index in [1.54, 1.807) is 0 Å². The monoisotopic (exact) mass is 448 g/mol. The molecule has 2 aliphatic rings. The summed E-state index contributed by atoms with van der Waals surface area (Å²) in [5, 5.41) is 0. The van der Waals surface area contributed by atoms with E-state index in [9.17, 15) is 4.79 Å². The van der Waals surface area contributed by atoms with Gasteiger partial charge in [0.2, 0.25) is 0 Å². The van der Waals surface area contributed by atoms with Crippen LogP contribution >= 0.6 is 0 Å². The van der Waals surface area contributed by atoms with Crippen molar-refractivity contribution in [2.24, 2.45) is 0 Å². The third kappa shape index (κ3) is 2.83. The molecule has 4 aromatic carbocycles. The van der Waals surface area contributed by atoms with Gasteiger partial charge < -0.3 is 19.3 Å². The number of rotatable bonds is 3. The second-order valence-electron chi connectivity index (χ2n) is 8.87. The molecule has 5 nitrogen and oxygen atoms in total. The van der Waals surface area contributed by atoms with E-state index in [0.717, 1.165) is 33.8 Å². The van der Waals surface area contributed by atoms with E-state index in [0.29, 0.717) is 17.1 Å². The zero-order valence-electron chi connectivity index (χ0n) is 19.3. The summed E-state index contributed by atoms with van der Waals surface area (Å²) >= 11 is 0. The summed E-state index contributed by atoms with van der Waals surface area (Å²) in [6.45, 7) is 0. The lowest BCUT2D eigenvalue weighted by Crippen LogP contribution is -2.33. The number of esters is 1. The number of hydrogen-bond acceptors (Lipinski definition) is 5. The highest BCUT2D eigenvalue weighted by Gasteiger charge is 2.53. The van der Waals surface area contributed by atoms with Gasteiger partial charge in [0.1, 0.15) is 11.5 Å². The van der Waals surface area contributed by atoms with Crippen molar-refractivity contribution in [2.75, 3.05) is 30.9 Å². The van der Waals surface area contributed by atoms with Gasteiger partial charge in [-0.05, 0) is 48.5 Å². The predicted molar refractivity (Wildman–Crippen MR) is 134 cm³/mol. The molecule has 0 radical (unpaired) electrons. The van der Waals surface area contributed by atoms with Crippen LogP contribution in [0.4, 0.5) is 17.1 Å². The molecule has 34 heavy (non-hydrogen) atoms. The van der Waals surface area contributed by atoms with Gasteiger partial charge in [-0.2, -0.15) is 0 Å². The fraction of sp³-hybridized carbons (Fsp3) is 0.138. The molecule has 5 heteroatoms. The summed E-state index contributed by atoms with van der Waals surface area (Å²) in [5.41, 5.74) is 5.03. The molecule has 0 amide bonds. The zero-order chi connectivity index (χ0) is 23.4. The van der Waals surface area contributed by atoms with Gasteiger partial charge >= 0.3 is 5.97 Å². The van der Waals surface area contributed by atoms with E-state index in [4.69, 9.17) is 9.47 Å². The van der Waals surface area contributed by atoms with Crippen LogP contribution in [0.5, 0.6) is 11.5 Å². The molecular formula is C29H24N2O3. The molecule has 168 valence electrons. The number of hydrogen-bond donors (Lipinski definition) is 0. The Morgan fingerprint density at radius 1 is 0.647 bits per heavy atom. The van der Waals surface area contributed by atoms with Crippen molar-refractivity contribution in [1.82, 2.24) is 0 Å². The van der Waals surface area contributed by atoms with Gasteiger partial charge in [0.25, 0.3) is 0 Å². The van der Waals surface area contributed by atoms with E-state index in [2.05, 4.69) is 23.1 Å². The predicted octanol–water partition coefficient (Wildman–Crippen LogP) is 6.09. The normalized spacial score (nSPS) is 17.3. The molecule has 0 fully saturated rings. The molecule has 0 bridgehead atoms. The number of nitrogens with zero attached hydrogens (tertiary/aromatic N) is 2. The first kappa shape index (κ1) is 20.4. The Kier molecular flexibility index (Phi) is 4.42. The van der Waals surface area contributed by atoms with E-state index in [1.807, 2.05) is 98.8 Å². The molecule has 0 saturated carbocycles. The average Bonchev–Trinajstić information content (AvgIpc) is 3.17. The van der Waals surface area contributed by atoms with E-state index in [1.165, 1.54) is 0 Å². The Hall–Kier alpha value is -4.25. The lowest BCUT2D eigenvalue weighted by atomic mass is 9.77. The summed E-state index contributed by atoms with van der Waals surface area (Å²) in [5.74, 6) is 1.04. The highest BCUT2D eigenvalue weighted by atomic mass is 16.6. The molecule has 0 aliphatic carbocycles. The van der Waals surface area contributed by atoms with Gasteiger partial charge in [-0.15, -0.1) is 0 Å². The minimum Gasteiger partial charge on any atom is -0.456 e. The van der Waals surface area contributed by atoms with Crippen LogP contribution in [0.15, 0.2) is 91.0 Å². The average molecular weight is 449 g/mol. The van der Waals surface area contributed by atoms with Crippen LogP contribution in [-0.4, -0.2) is 27.1 Å². The van der Waals surface area contributed by atoms with E-state index in [-0.39, 0.29) is 5.97 Å². The molecule has 0 saturated heterocycles. The second kappa shape index (κ2) is 7.39. The smallest absolute Gasteiger partial charge is 0.340 e. The summed E-state index contributed by atoms with van der Waals surface area (Å²) in [7, 11) is 6.01. The summed E-state index contributed by atoms with van der Waals surface area (Å²) < 4.78 is 12.7. The molecule has 2 heterocycles. The standard InChI is InChI=1S/C29H24N2O3/c1-30(2)20-13-15-24-27(18-20)33-26-16-14-21(31(3)19-9-5-4-6-10-19)17-25(26)29(24)23-12-8-7-11-22(23)28(32)34-29/h4-18H,1-3H3. The lowest BCUT2D eigenvalue weighted by Gasteiger charge is -2.37. The van der Waals surface area contributed by atoms with Crippen LogP contribution in [-0.2, 0) is 10.3 Å². The van der Waals surface area contributed by atoms with Crippen molar-refractivity contribution >= 4 is 23.0 Å². The Labute approximate surface area is 198 Å². The first-order chi connectivity index (χ1) is 16.5. The Bertz CT molecular complexity index is 1430. The highest BCUT2D eigenvalue weighted by molar-refractivity contribution is 5.97. The largest absolute Gasteiger partial charge is 0.456 e. The number of benzene rings is 4. The van der Waals surface area contributed by atoms with Crippen molar-refractivity contribution in [3.8, 4) is 11.5 Å². The van der Waals surface area contributed by atoms with Gasteiger partial charge in [0.15, 0.2) is 5.60 Å². The van der Waals surface area contributed by atoms with Crippen molar-refractivity contribution in [3.05, 3.63) is 113 Å². The number of anilines is 3. The Morgan fingerprint density at radius 3 is 2.18 bits per heavy atom. The van der Waals surface area contributed by atoms with Crippen LogP contribution in [0.2, 0.25) is 0 Å². The Morgan fingerprint density at radius 2 is 1.38 bits per heavy atom. The summed E-state index contributed by atoms with van der Waals surface area (Å²) in [6, 6.07) is 29.9. The summed E-state index contributed by atoms with van der Waals surface area (Å²) in [6.07, 6.45) is 0. The van der Waals surface area contributed by atoms with Gasteiger partial charge in [0, 0.05) is 61.0 Å². The first-order valence-corrected chi connectivity index (χ1v) is 11.2. The van der Waals surface area contributed by atoms with Gasteiger partial charge in [-0.3, -0.25) is 0 Å². The van der Waals surface area contributed by atoms with Crippen molar-refractivity contribution in [3.63, 3.8) is 0 Å².